The van der Waals surface area contributed by atoms with Crippen LogP contribution >= 0.6 is 92.8 Å². The fourth-order valence-electron chi connectivity index (χ4n) is 5.49. The highest BCUT2D eigenvalue weighted by molar-refractivity contribution is 6.66. The first-order chi connectivity index (χ1) is 18.5. The van der Waals surface area contributed by atoms with Crippen molar-refractivity contribution in [2.45, 2.75) is 34.0 Å². The molecule has 0 aromatic heterocycles. The van der Waals surface area contributed by atoms with Crippen LogP contribution in [0.2, 0.25) is 10.0 Å². The molecule has 5 atom stereocenters. The van der Waals surface area contributed by atoms with Crippen molar-refractivity contribution < 1.29 is 19.2 Å². The molecular weight excluding hydrogens is 688 g/mol. The van der Waals surface area contributed by atoms with Gasteiger partial charge in [0.15, 0.2) is 10.1 Å². The second-order valence-electron chi connectivity index (χ2n) is 9.75. The summed E-state index contributed by atoms with van der Waals surface area (Å²) in [5, 5.41) is 0.848. The van der Waals surface area contributed by atoms with Gasteiger partial charge in [-0.2, -0.15) is 5.01 Å². The minimum Gasteiger partial charge on any atom is -0.292 e. The Kier molecular flexibility index (Phi) is 7.50. The number of imide groups is 1. The summed E-state index contributed by atoms with van der Waals surface area (Å²) in [5.74, 6) is -6.53. The Morgan fingerprint density at radius 2 is 1.35 bits per heavy atom. The van der Waals surface area contributed by atoms with Crippen molar-refractivity contribution in [2.24, 2.45) is 11.8 Å². The van der Waals surface area contributed by atoms with E-state index in [9.17, 15) is 19.2 Å². The number of hydrogen-bond donors (Lipinski definition) is 0. The first-order valence-corrected chi connectivity index (χ1v) is 14.6. The van der Waals surface area contributed by atoms with Gasteiger partial charge in [0.1, 0.15) is 15.8 Å². The van der Waals surface area contributed by atoms with Gasteiger partial charge in [0.05, 0.1) is 32.5 Å². The molecule has 3 amide bonds. The summed E-state index contributed by atoms with van der Waals surface area (Å²) in [7, 11) is 0. The number of halogens is 8. The normalized spacial score (nSPS) is 29.2. The first-order valence-electron chi connectivity index (χ1n) is 11.6. The van der Waals surface area contributed by atoms with Crippen LogP contribution in [0, 0.1) is 18.8 Å². The second-order valence-corrected chi connectivity index (χ2v) is 13.9. The molecule has 1 aliphatic heterocycles. The molecule has 2 aliphatic carbocycles. The lowest BCUT2D eigenvalue weighted by molar-refractivity contribution is -0.157. The van der Waals surface area contributed by atoms with Crippen LogP contribution in [0.3, 0.4) is 0 Å². The molecule has 1 saturated heterocycles. The third-order valence-corrected chi connectivity index (χ3v) is 12.4. The topological polar surface area (TPSA) is 74.8 Å². The van der Waals surface area contributed by atoms with Crippen LogP contribution < -0.4 is 0 Å². The number of aryl methyl sites for hydroxylation is 1. The summed E-state index contributed by atoms with van der Waals surface area (Å²) in [5.41, 5.74) is 0.994. The van der Waals surface area contributed by atoms with Gasteiger partial charge in [0.2, 0.25) is 0 Å². The lowest BCUT2D eigenvalue weighted by Crippen LogP contribution is -2.59. The quantitative estimate of drug-likeness (QED) is 0.185. The number of fused-ring (bicyclic) bond motifs is 5. The van der Waals surface area contributed by atoms with E-state index in [4.69, 9.17) is 92.8 Å². The van der Waals surface area contributed by atoms with Gasteiger partial charge < -0.3 is 0 Å². The number of carbonyl (C=O) groups excluding carboxylic acids is 4. The predicted molar refractivity (Wildman–Crippen MR) is 157 cm³/mol. The Morgan fingerprint density at radius 3 is 1.82 bits per heavy atom. The number of nitrogens with zero attached hydrogens (tertiary/aromatic N) is 2. The zero-order valence-corrected chi connectivity index (χ0v) is 26.4. The summed E-state index contributed by atoms with van der Waals surface area (Å²) in [6.07, 6.45) is 0. The third-order valence-electron chi connectivity index (χ3n) is 7.55. The van der Waals surface area contributed by atoms with E-state index >= 15 is 0 Å². The number of hydrogen-bond acceptors (Lipinski definition) is 4. The minimum absolute atomic E-state index is 0.0761. The van der Waals surface area contributed by atoms with Crippen molar-refractivity contribution in [2.75, 3.05) is 0 Å². The van der Waals surface area contributed by atoms with Crippen molar-refractivity contribution in [1.29, 1.82) is 0 Å². The van der Waals surface area contributed by atoms with Gasteiger partial charge in [-0.15, -0.1) is 23.2 Å². The largest absolute Gasteiger partial charge is 0.292 e. The monoisotopic (exact) mass is 700 g/mol. The molecule has 40 heavy (non-hydrogen) atoms. The van der Waals surface area contributed by atoms with Crippen LogP contribution in [0.4, 0.5) is 0 Å². The zero-order chi connectivity index (χ0) is 29.7. The van der Waals surface area contributed by atoms with Gasteiger partial charge in [-0.3, -0.25) is 19.2 Å². The Labute approximate surface area is 268 Å². The summed E-state index contributed by atoms with van der Waals surface area (Å²) in [6.45, 7) is 3.21. The number of benzene rings is 2. The molecule has 2 aromatic rings. The molecule has 14 heteroatoms. The highest BCUT2D eigenvalue weighted by Crippen LogP contribution is 2.77. The van der Waals surface area contributed by atoms with E-state index < -0.39 is 55.5 Å². The fourth-order valence-corrected chi connectivity index (χ4v) is 8.91. The molecule has 2 bridgehead atoms. The highest BCUT2D eigenvalue weighted by atomic mass is 35.5. The van der Waals surface area contributed by atoms with Crippen LogP contribution in [0.1, 0.15) is 33.2 Å². The molecule has 0 radical (unpaired) electrons. The molecule has 2 aromatic carbocycles. The number of alkyl halides is 4. The van der Waals surface area contributed by atoms with Crippen LogP contribution in [0.5, 0.6) is 0 Å². The van der Waals surface area contributed by atoms with Crippen LogP contribution in [0.15, 0.2) is 52.5 Å². The van der Waals surface area contributed by atoms with Crippen molar-refractivity contribution >= 4 is 116 Å². The van der Waals surface area contributed by atoms with Crippen molar-refractivity contribution in [3.63, 3.8) is 0 Å². The van der Waals surface area contributed by atoms with E-state index in [-0.39, 0.29) is 31.2 Å². The Balaban J connectivity index is 1.65. The zero-order valence-electron chi connectivity index (χ0n) is 20.3. The maximum Gasteiger partial charge on any atom is 0.275 e. The molecule has 1 heterocycles. The molecule has 6 nitrogen and oxygen atoms in total. The first kappa shape index (κ1) is 30.2. The molecule has 210 valence electrons. The summed E-state index contributed by atoms with van der Waals surface area (Å²) < 4.78 is -2.16. The lowest BCUT2D eigenvalue weighted by Gasteiger charge is -2.38. The Hall–Kier alpha value is -1.22. The van der Waals surface area contributed by atoms with Gasteiger partial charge in [0.25, 0.3) is 17.7 Å². The second kappa shape index (κ2) is 9.92. The fraction of sp³-hybridized carbons (Fsp3) is 0.308. The summed E-state index contributed by atoms with van der Waals surface area (Å²) in [4.78, 5) is 51.6. The molecule has 2 fully saturated rings. The summed E-state index contributed by atoms with van der Waals surface area (Å²) >= 11 is 51.9. The standard InChI is InChI=1S/C26H16Cl8N2O4/c1-10-3-5-12(6-4-10)18(37)11(2)35(21(38)14-8-7-13(27)9-15(14)28)36-22(39)16-17(23(36)40)25(32)20(30)19(29)24(16,31)26(25,33)34/h3-9,11,16-17H,1-2H3/t11-,16+,17+,24+,25+/m0/s1. The SMILES string of the molecule is Cc1ccc(C(=O)[C@H](C)N(C(=O)c2ccc(Cl)cc2Cl)N2C(=O)[C@H]3[C@H](C2=O)[C@@]2(Cl)C(Cl)=C(Cl)[C@@]3(Cl)C2(Cl)Cl)cc1. The molecule has 1 saturated carbocycles. The number of carbonyl (C=O) groups is 4. The van der Waals surface area contributed by atoms with E-state index in [2.05, 4.69) is 0 Å². The molecule has 0 unspecified atom stereocenters. The van der Waals surface area contributed by atoms with Gasteiger partial charge in [0, 0.05) is 10.6 Å². The van der Waals surface area contributed by atoms with Gasteiger partial charge in [-0.1, -0.05) is 99.4 Å². The Morgan fingerprint density at radius 1 is 0.850 bits per heavy atom. The molecule has 0 N–H and O–H groups in total. The van der Waals surface area contributed by atoms with Gasteiger partial charge in [-0.25, -0.2) is 5.01 Å². The number of Topliss-reactive ketones (excluding diaryl/α,β-unsaturated/α-hetero) is 1. The predicted octanol–water partition coefficient (Wildman–Crippen LogP) is 7.38. The number of amides is 3. The van der Waals surface area contributed by atoms with E-state index in [1.54, 1.807) is 24.3 Å². The van der Waals surface area contributed by atoms with Gasteiger partial charge in [-0.05, 0) is 32.0 Å². The summed E-state index contributed by atoms with van der Waals surface area (Å²) in [6, 6.07) is 9.17. The molecule has 0 spiro atoms. The lowest BCUT2D eigenvalue weighted by atomic mass is 9.84. The molecular formula is C26H16Cl8N2O4. The minimum atomic E-state index is -2.16. The average Bonchev–Trinajstić information content (AvgIpc) is 3.27. The van der Waals surface area contributed by atoms with Gasteiger partial charge >= 0.3 is 0 Å². The van der Waals surface area contributed by atoms with Crippen molar-refractivity contribution in [1.82, 2.24) is 10.0 Å². The van der Waals surface area contributed by atoms with E-state index in [1.807, 2.05) is 6.92 Å². The maximum atomic E-state index is 14.1. The number of ketones is 1. The van der Waals surface area contributed by atoms with Crippen LogP contribution in [-0.2, 0) is 9.59 Å². The highest BCUT2D eigenvalue weighted by Gasteiger charge is 2.88. The number of hydrazine groups is 1. The smallest absolute Gasteiger partial charge is 0.275 e. The third kappa shape index (κ3) is 3.77. The van der Waals surface area contributed by atoms with Crippen molar-refractivity contribution in [3.8, 4) is 0 Å². The average molecular weight is 704 g/mol. The Bertz CT molecular complexity index is 1500. The molecule has 5 rings (SSSR count). The molecule has 3 aliphatic rings. The number of rotatable bonds is 5. The van der Waals surface area contributed by atoms with E-state index in [0.29, 0.717) is 5.01 Å². The number of allylic oxidation sites excluding steroid dienone is 2. The van der Waals surface area contributed by atoms with Crippen LogP contribution in [-0.4, -0.2) is 53.6 Å². The maximum absolute atomic E-state index is 14.1. The van der Waals surface area contributed by atoms with Crippen LogP contribution in [0.25, 0.3) is 0 Å². The van der Waals surface area contributed by atoms with Crippen molar-refractivity contribution in [3.05, 3.63) is 79.3 Å². The van der Waals surface area contributed by atoms with E-state index in [1.165, 1.54) is 25.1 Å². The van der Waals surface area contributed by atoms with E-state index in [0.717, 1.165) is 10.6 Å².